The predicted octanol–water partition coefficient (Wildman–Crippen LogP) is 8.01. The van der Waals surface area contributed by atoms with Crippen molar-refractivity contribution in [2.24, 2.45) is 5.41 Å². The molecule has 0 spiro atoms. The quantitative estimate of drug-likeness (QED) is 0.334. The molecule has 7 heteroatoms. The number of allylic oxidation sites excluding steroid dienone is 1. The van der Waals surface area contributed by atoms with E-state index in [-0.39, 0.29) is 11.2 Å². The summed E-state index contributed by atoms with van der Waals surface area (Å²) in [5, 5.41) is 8.34. The average Bonchev–Trinajstić information content (AvgIpc) is 2.95. The number of rotatable bonds is 2. The van der Waals surface area contributed by atoms with Gasteiger partial charge in [0.1, 0.15) is 0 Å². The number of halogens is 2. The fraction of sp³-hybridized carbons (Fsp3) is 0.214. The van der Waals surface area contributed by atoms with E-state index in [0.717, 1.165) is 34.7 Å². The normalized spacial score (nSPS) is 18.8. The lowest BCUT2D eigenvalue weighted by molar-refractivity contribution is -0.118. The molecule has 1 atom stereocenters. The Kier molecular flexibility index (Phi) is 6.34. The van der Waals surface area contributed by atoms with Crippen LogP contribution in [0.2, 0.25) is 10.0 Å². The van der Waals surface area contributed by atoms with E-state index in [1.807, 2.05) is 71.6 Å². The highest BCUT2D eigenvalue weighted by Gasteiger charge is 2.42. The molecule has 1 heterocycles. The Morgan fingerprint density at radius 3 is 2.46 bits per heavy atom. The number of benzene rings is 3. The van der Waals surface area contributed by atoms with Gasteiger partial charge in [-0.15, -0.1) is 0 Å². The molecule has 0 radical (unpaired) electrons. The number of ketones is 1. The number of carbonyl (C=O) groups is 1. The number of hydrogen-bond acceptors (Lipinski definition) is 3. The van der Waals surface area contributed by atoms with Crippen LogP contribution in [0.1, 0.15) is 38.3 Å². The van der Waals surface area contributed by atoms with Crippen molar-refractivity contribution in [2.45, 2.75) is 32.7 Å². The van der Waals surface area contributed by atoms with Crippen molar-refractivity contribution in [3.63, 3.8) is 0 Å². The summed E-state index contributed by atoms with van der Waals surface area (Å²) in [7, 11) is 0. The maximum absolute atomic E-state index is 13.8. The third-order valence-electron chi connectivity index (χ3n) is 6.40. The second-order valence-electron chi connectivity index (χ2n) is 9.72. The zero-order valence-electron chi connectivity index (χ0n) is 19.4. The molecule has 0 saturated heterocycles. The van der Waals surface area contributed by atoms with E-state index >= 15 is 0 Å². The summed E-state index contributed by atoms with van der Waals surface area (Å²) in [6, 6.07) is 22.8. The monoisotopic (exact) mass is 521 g/mol. The lowest BCUT2D eigenvalue weighted by Gasteiger charge is -2.38. The van der Waals surface area contributed by atoms with E-state index in [2.05, 4.69) is 24.5 Å². The molecule has 3 aromatic rings. The number of nitrogens with one attached hydrogen (secondary N) is 2. The zero-order valence-corrected chi connectivity index (χ0v) is 21.8. The molecule has 0 bridgehead atoms. The second-order valence-corrected chi connectivity index (χ2v) is 10.9. The largest absolute Gasteiger partial charge is 0.357 e. The van der Waals surface area contributed by atoms with Crippen LogP contribution in [0, 0.1) is 5.41 Å². The Morgan fingerprint density at radius 1 is 1.00 bits per heavy atom. The number of anilines is 3. The van der Waals surface area contributed by atoms with Gasteiger partial charge in [-0.1, -0.05) is 73.4 Å². The van der Waals surface area contributed by atoms with Gasteiger partial charge < -0.3 is 15.5 Å². The highest BCUT2D eigenvalue weighted by atomic mass is 35.5. The van der Waals surface area contributed by atoms with Crippen molar-refractivity contribution in [1.29, 1.82) is 0 Å². The van der Waals surface area contributed by atoms with Crippen LogP contribution in [0.3, 0.4) is 0 Å². The topological polar surface area (TPSA) is 44.4 Å². The van der Waals surface area contributed by atoms with Crippen molar-refractivity contribution < 1.29 is 4.79 Å². The standard InChI is InChI=1S/C28H25Cl2N3OS/c1-28(2)15-22-25(24(34)16-28)26(17-12-13-19(29)20(30)14-17)33(23-11-7-6-10-21(23)32-22)27(35)31-18-8-4-3-5-9-18/h3-14,26,32H,15-16H2,1-2H3,(H,31,35). The number of Topliss-reactive ketones (excluding diaryl/α,β-unsaturated/α-hetero) is 1. The van der Waals surface area contributed by atoms with Gasteiger partial charge in [0.25, 0.3) is 0 Å². The predicted molar refractivity (Wildman–Crippen MR) is 149 cm³/mol. The van der Waals surface area contributed by atoms with Crippen molar-refractivity contribution in [3.8, 4) is 0 Å². The molecule has 1 aliphatic heterocycles. The van der Waals surface area contributed by atoms with Crippen LogP contribution in [0.4, 0.5) is 17.1 Å². The number of nitrogens with zero attached hydrogens (tertiary/aromatic N) is 1. The molecule has 4 nitrogen and oxygen atoms in total. The number of hydrogen-bond donors (Lipinski definition) is 2. The molecule has 1 unspecified atom stereocenters. The highest BCUT2D eigenvalue weighted by Crippen LogP contribution is 2.49. The van der Waals surface area contributed by atoms with E-state index in [9.17, 15) is 4.79 Å². The summed E-state index contributed by atoms with van der Waals surface area (Å²) < 4.78 is 0. The molecule has 35 heavy (non-hydrogen) atoms. The first-order chi connectivity index (χ1) is 16.7. The minimum atomic E-state index is -0.483. The van der Waals surface area contributed by atoms with Crippen LogP contribution < -0.4 is 15.5 Å². The summed E-state index contributed by atoms with van der Waals surface area (Å²) >= 11 is 18.7. The van der Waals surface area contributed by atoms with Gasteiger partial charge in [0.05, 0.1) is 27.5 Å². The van der Waals surface area contributed by atoms with Gasteiger partial charge in [0.15, 0.2) is 10.9 Å². The molecular weight excluding hydrogens is 497 g/mol. The van der Waals surface area contributed by atoms with Gasteiger partial charge in [-0.05, 0) is 66.0 Å². The molecule has 0 aromatic heterocycles. The van der Waals surface area contributed by atoms with Crippen LogP contribution in [0.15, 0.2) is 84.1 Å². The first-order valence-electron chi connectivity index (χ1n) is 11.5. The average molecular weight is 523 g/mol. The third-order valence-corrected chi connectivity index (χ3v) is 7.44. The Balaban J connectivity index is 1.74. The molecule has 0 amide bonds. The molecule has 178 valence electrons. The molecule has 5 rings (SSSR count). The van der Waals surface area contributed by atoms with Crippen LogP contribution in [-0.2, 0) is 4.79 Å². The number of fused-ring (bicyclic) bond motifs is 1. The minimum absolute atomic E-state index is 0.0974. The zero-order chi connectivity index (χ0) is 24.7. The second kappa shape index (κ2) is 9.30. The van der Waals surface area contributed by atoms with E-state index in [0.29, 0.717) is 27.2 Å². The van der Waals surface area contributed by atoms with E-state index < -0.39 is 6.04 Å². The Hall–Kier alpha value is -2.86. The van der Waals surface area contributed by atoms with Crippen molar-refractivity contribution >= 4 is 63.4 Å². The van der Waals surface area contributed by atoms with Crippen molar-refractivity contribution in [3.05, 3.63) is 99.7 Å². The molecule has 0 fully saturated rings. The minimum Gasteiger partial charge on any atom is -0.357 e. The summed E-state index contributed by atoms with van der Waals surface area (Å²) in [6.45, 7) is 4.25. The molecule has 3 aromatic carbocycles. The maximum Gasteiger partial charge on any atom is 0.178 e. The van der Waals surface area contributed by atoms with Gasteiger partial charge in [-0.2, -0.15) is 0 Å². The number of carbonyl (C=O) groups excluding carboxylic acids is 1. The first kappa shape index (κ1) is 23.9. The third kappa shape index (κ3) is 4.68. The summed E-state index contributed by atoms with van der Waals surface area (Å²) in [4.78, 5) is 15.8. The molecule has 2 aliphatic rings. The lowest BCUT2D eigenvalue weighted by Crippen LogP contribution is -2.41. The summed E-state index contributed by atoms with van der Waals surface area (Å²) in [5.41, 5.74) is 4.94. The number of para-hydroxylation sites is 3. The van der Waals surface area contributed by atoms with Crippen LogP contribution in [-0.4, -0.2) is 10.9 Å². The van der Waals surface area contributed by atoms with Crippen LogP contribution >= 0.6 is 35.4 Å². The smallest absolute Gasteiger partial charge is 0.178 e. The summed E-state index contributed by atoms with van der Waals surface area (Å²) in [6.07, 6.45) is 1.20. The van der Waals surface area contributed by atoms with Gasteiger partial charge in [0.2, 0.25) is 0 Å². The molecule has 2 N–H and O–H groups in total. The highest BCUT2D eigenvalue weighted by molar-refractivity contribution is 7.80. The lowest BCUT2D eigenvalue weighted by atomic mass is 9.73. The molecular formula is C28H25Cl2N3OS. The molecule has 0 saturated carbocycles. The first-order valence-corrected chi connectivity index (χ1v) is 12.6. The van der Waals surface area contributed by atoms with Gasteiger partial charge in [0, 0.05) is 23.4 Å². The van der Waals surface area contributed by atoms with Crippen LogP contribution in [0.25, 0.3) is 0 Å². The van der Waals surface area contributed by atoms with E-state index in [4.69, 9.17) is 35.4 Å². The Morgan fingerprint density at radius 2 is 1.71 bits per heavy atom. The van der Waals surface area contributed by atoms with Gasteiger partial charge in [-0.3, -0.25) is 4.79 Å². The Labute approximate surface area is 220 Å². The fourth-order valence-electron chi connectivity index (χ4n) is 4.91. The van der Waals surface area contributed by atoms with E-state index in [1.165, 1.54) is 0 Å². The van der Waals surface area contributed by atoms with Crippen molar-refractivity contribution in [1.82, 2.24) is 0 Å². The fourth-order valence-corrected chi connectivity index (χ4v) is 5.54. The van der Waals surface area contributed by atoms with E-state index in [1.54, 1.807) is 6.07 Å². The van der Waals surface area contributed by atoms with Gasteiger partial charge >= 0.3 is 0 Å². The molecule has 1 aliphatic carbocycles. The Bertz CT molecular complexity index is 1350. The van der Waals surface area contributed by atoms with Crippen molar-refractivity contribution in [2.75, 3.05) is 15.5 Å². The SMILES string of the molecule is CC1(C)CC(=O)C2=C(C1)Nc1ccccc1N(C(=S)Nc1ccccc1)C2c1ccc(Cl)c(Cl)c1. The van der Waals surface area contributed by atoms with Gasteiger partial charge in [-0.25, -0.2) is 0 Å². The summed E-state index contributed by atoms with van der Waals surface area (Å²) in [5.74, 6) is 0.0974. The number of thiocarbonyl (C=S) groups is 1. The van der Waals surface area contributed by atoms with Crippen LogP contribution in [0.5, 0.6) is 0 Å². The maximum atomic E-state index is 13.8.